The number of nitrogens with one attached hydrogen (secondary N) is 1. The minimum absolute atomic E-state index is 0.169. The molecule has 26 heavy (non-hydrogen) atoms. The number of nitrogens with zero attached hydrogens (tertiary/aromatic N) is 5. The van der Waals surface area contributed by atoms with E-state index in [4.69, 9.17) is 16.7 Å². The van der Waals surface area contributed by atoms with Crippen molar-refractivity contribution in [3.8, 4) is 22.6 Å². The SMILES string of the molecule is CNC(=O)c1cc2n(n1)CCc1c(-c3ccc(Cl)nc3)nn(C(C)C)c1-2. The second kappa shape index (κ2) is 6.25. The lowest BCUT2D eigenvalue weighted by Crippen LogP contribution is -2.19. The van der Waals surface area contributed by atoms with Crippen LogP contribution in [0.3, 0.4) is 0 Å². The van der Waals surface area contributed by atoms with Crippen LogP contribution in [-0.4, -0.2) is 37.5 Å². The Bertz CT molecular complexity index is 986. The third kappa shape index (κ3) is 2.59. The Labute approximate surface area is 156 Å². The molecule has 0 aliphatic carbocycles. The number of aryl methyl sites for hydroxylation is 1. The van der Waals surface area contributed by atoms with Crippen molar-refractivity contribution in [2.75, 3.05) is 7.05 Å². The molecular formula is C18H19ClN6O. The van der Waals surface area contributed by atoms with Crippen LogP contribution in [0, 0.1) is 0 Å². The summed E-state index contributed by atoms with van der Waals surface area (Å²) >= 11 is 5.93. The molecule has 4 heterocycles. The molecule has 0 atom stereocenters. The average Bonchev–Trinajstić information content (AvgIpc) is 3.23. The summed E-state index contributed by atoms with van der Waals surface area (Å²) in [7, 11) is 1.61. The molecular weight excluding hydrogens is 352 g/mol. The number of hydrogen-bond acceptors (Lipinski definition) is 4. The first-order valence-electron chi connectivity index (χ1n) is 8.53. The summed E-state index contributed by atoms with van der Waals surface area (Å²) in [5, 5.41) is 12.4. The predicted molar refractivity (Wildman–Crippen MR) is 99.2 cm³/mol. The zero-order valence-corrected chi connectivity index (χ0v) is 15.6. The highest BCUT2D eigenvalue weighted by Crippen LogP contribution is 2.37. The molecule has 3 aromatic rings. The van der Waals surface area contributed by atoms with Gasteiger partial charge in [0.1, 0.15) is 5.15 Å². The first-order chi connectivity index (χ1) is 12.5. The van der Waals surface area contributed by atoms with Crippen LogP contribution >= 0.6 is 11.6 Å². The van der Waals surface area contributed by atoms with E-state index in [9.17, 15) is 4.79 Å². The molecule has 0 radical (unpaired) electrons. The molecule has 0 fully saturated rings. The molecule has 0 bridgehead atoms. The van der Waals surface area contributed by atoms with Gasteiger partial charge in [0.15, 0.2) is 5.69 Å². The number of fused-ring (bicyclic) bond motifs is 3. The van der Waals surface area contributed by atoms with Crippen molar-refractivity contribution in [3.63, 3.8) is 0 Å². The van der Waals surface area contributed by atoms with Gasteiger partial charge in [0.25, 0.3) is 5.91 Å². The molecule has 0 saturated carbocycles. The van der Waals surface area contributed by atoms with Crippen molar-refractivity contribution < 1.29 is 4.79 Å². The molecule has 0 aromatic carbocycles. The highest BCUT2D eigenvalue weighted by molar-refractivity contribution is 6.29. The number of carbonyl (C=O) groups is 1. The van der Waals surface area contributed by atoms with Gasteiger partial charge in [0.05, 0.1) is 17.1 Å². The van der Waals surface area contributed by atoms with Crippen LogP contribution in [0.4, 0.5) is 0 Å². The van der Waals surface area contributed by atoms with Gasteiger partial charge in [-0.3, -0.25) is 14.2 Å². The zero-order valence-electron chi connectivity index (χ0n) is 14.8. The maximum atomic E-state index is 12.0. The lowest BCUT2D eigenvalue weighted by molar-refractivity contribution is 0.0957. The number of halogens is 1. The van der Waals surface area contributed by atoms with E-state index in [2.05, 4.69) is 29.2 Å². The van der Waals surface area contributed by atoms with E-state index in [0.717, 1.165) is 34.6 Å². The van der Waals surface area contributed by atoms with Crippen LogP contribution in [-0.2, 0) is 13.0 Å². The normalized spacial score (nSPS) is 12.8. The third-order valence-corrected chi connectivity index (χ3v) is 4.78. The molecule has 4 rings (SSSR count). The summed E-state index contributed by atoms with van der Waals surface area (Å²) in [6.45, 7) is 4.88. The first-order valence-corrected chi connectivity index (χ1v) is 8.91. The highest BCUT2D eigenvalue weighted by atomic mass is 35.5. The van der Waals surface area contributed by atoms with Gasteiger partial charge in [-0.2, -0.15) is 10.2 Å². The molecule has 0 spiro atoms. The standard InChI is InChI=1S/C18H19ClN6O/c1-10(2)25-17-12(16(23-25)11-4-5-15(19)21-9-11)6-7-24-14(17)8-13(22-24)18(26)20-3/h4-5,8-10H,6-7H2,1-3H3,(H,20,26). The van der Waals surface area contributed by atoms with E-state index in [1.807, 2.05) is 21.5 Å². The number of rotatable bonds is 3. The molecule has 1 amide bonds. The fourth-order valence-corrected chi connectivity index (χ4v) is 3.45. The fourth-order valence-electron chi connectivity index (χ4n) is 3.33. The number of pyridine rings is 1. The van der Waals surface area contributed by atoms with Gasteiger partial charge in [-0.15, -0.1) is 0 Å². The Kier molecular flexibility index (Phi) is 4.03. The Morgan fingerprint density at radius 3 is 2.77 bits per heavy atom. The lowest BCUT2D eigenvalue weighted by atomic mass is 10.00. The monoisotopic (exact) mass is 370 g/mol. The largest absolute Gasteiger partial charge is 0.354 e. The topological polar surface area (TPSA) is 77.6 Å². The fraction of sp³-hybridized carbons (Fsp3) is 0.333. The van der Waals surface area contributed by atoms with Gasteiger partial charge >= 0.3 is 0 Å². The summed E-state index contributed by atoms with van der Waals surface area (Å²) in [4.78, 5) is 16.2. The van der Waals surface area contributed by atoms with Crippen molar-refractivity contribution in [2.45, 2.75) is 32.9 Å². The molecule has 8 heteroatoms. The van der Waals surface area contributed by atoms with Gasteiger partial charge in [-0.25, -0.2) is 4.98 Å². The molecule has 1 aliphatic rings. The Hall–Kier alpha value is -2.67. The molecule has 0 saturated heterocycles. The second-order valence-corrected chi connectivity index (χ2v) is 6.94. The molecule has 3 aromatic heterocycles. The van der Waals surface area contributed by atoms with Crippen LogP contribution in [0.1, 0.15) is 35.9 Å². The van der Waals surface area contributed by atoms with Crippen molar-refractivity contribution in [3.05, 3.63) is 40.8 Å². The molecule has 7 nitrogen and oxygen atoms in total. The van der Waals surface area contributed by atoms with Crippen LogP contribution in [0.25, 0.3) is 22.6 Å². The van der Waals surface area contributed by atoms with Crippen molar-refractivity contribution in [1.29, 1.82) is 0 Å². The van der Waals surface area contributed by atoms with Crippen LogP contribution in [0.2, 0.25) is 5.15 Å². The number of amides is 1. The Morgan fingerprint density at radius 2 is 2.12 bits per heavy atom. The van der Waals surface area contributed by atoms with Crippen molar-refractivity contribution in [1.82, 2.24) is 29.9 Å². The number of aromatic nitrogens is 5. The van der Waals surface area contributed by atoms with E-state index >= 15 is 0 Å². The molecule has 134 valence electrons. The third-order valence-electron chi connectivity index (χ3n) is 4.55. The van der Waals surface area contributed by atoms with E-state index < -0.39 is 0 Å². The Morgan fingerprint density at radius 1 is 1.31 bits per heavy atom. The Balaban J connectivity index is 1.91. The summed E-state index contributed by atoms with van der Waals surface area (Å²) in [5.74, 6) is -0.189. The van der Waals surface area contributed by atoms with Crippen LogP contribution < -0.4 is 5.32 Å². The summed E-state index contributed by atoms with van der Waals surface area (Å²) < 4.78 is 3.89. The van der Waals surface area contributed by atoms with Crippen molar-refractivity contribution in [2.24, 2.45) is 0 Å². The van der Waals surface area contributed by atoms with Gasteiger partial charge in [0, 0.05) is 37.0 Å². The van der Waals surface area contributed by atoms with Crippen LogP contribution in [0.15, 0.2) is 24.4 Å². The smallest absolute Gasteiger partial charge is 0.271 e. The van der Waals surface area contributed by atoms with Crippen LogP contribution in [0.5, 0.6) is 0 Å². The van der Waals surface area contributed by atoms with E-state index in [0.29, 0.717) is 17.4 Å². The molecule has 1 aliphatic heterocycles. The first kappa shape index (κ1) is 16.8. The quantitative estimate of drug-likeness (QED) is 0.719. The summed E-state index contributed by atoms with van der Waals surface area (Å²) in [5.41, 5.74) is 5.34. The summed E-state index contributed by atoms with van der Waals surface area (Å²) in [6.07, 6.45) is 2.54. The predicted octanol–water partition coefficient (Wildman–Crippen LogP) is 2.96. The number of carbonyl (C=O) groups excluding carboxylic acids is 1. The highest BCUT2D eigenvalue weighted by Gasteiger charge is 2.29. The minimum atomic E-state index is -0.189. The summed E-state index contributed by atoms with van der Waals surface area (Å²) in [6, 6.07) is 5.71. The van der Waals surface area contributed by atoms with E-state index in [1.165, 1.54) is 0 Å². The minimum Gasteiger partial charge on any atom is -0.354 e. The maximum absolute atomic E-state index is 12.0. The lowest BCUT2D eigenvalue weighted by Gasteiger charge is -2.18. The molecule has 0 unspecified atom stereocenters. The zero-order chi connectivity index (χ0) is 18.4. The van der Waals surface area contributed by atoms with Gasteiger partial charge in [-0.1, -0.05) is 11.6 Å². The van der Waals surface area contributed by atoms with E-state index in [-0.39, 0.29) is 11.9 Å². The van der Waals surface area contributed by atoms with E-state index in [1.54, 1.807) is 19.3 Å². The second-order valence-electron chi connectivity index (χ2n) is 6.55. The van der Waals surface area contributed by atoms with Gasteiger partial charge in [0.2, 0.25) is 0 Å². The molecule has 1 N–H and O–H groups in total. The van der Waals surface area contributed by atoms with Gasteiger partial charge < -0.3 is 5.32 Å². The average molecular weight is 371 g/mol. The van der Waals surface area contributed by atoms with Gasteiger partial charge in [-0.05, 0) is 38.5 Å². The maximum Gasteiger partial charge on any atom is 0.271 e. The number of hydrogen-bond donors (Lipinski definition) is 1. The van der Waals surface area contributed by atoms with Crippen molar-refractivity contribution >= 4 is 17.5 Å².